The van der Waals surface area contributed by atoms with Crippen LogP contribution in [-0.4, -0.2) is 25.5 Å². The molecule has 0 bridgehead atoms. The molecule has 158 valence electrons. The molecule has 2 heterocycles. The number of halogens is 4. The number of nitrogens with zero attached hydrogens (tertiary/aromatic N) is 2. The van der Waals surface area contributed by atoms with Gasteiger partial charge in [-0.2, -0.15) is 13.2 Å². The molecule has 6 nitrogen and oxygen atoms in total. The molecule has 0 aliphatic heterocycles. The highest BCUT2D eigenvalue weighted by atomic mass is 32.2. The van der Waals surface area contributed by atoms with Crippen LogP contribution in [0.5, 0.6) is 5.75 Å². The molecule has 1 N–H and O–H groups in total. The van der Waals surface area contributed by atoms with Crippen molar-refractivity contribution in [2.75, 3.05) is 7.11 Å². The molecule has 0 radical (unpaired) electrons. The molecule has 0 spiro atoms. The number of nitrogens with one attached hydrogen (secondary N) is 1. The van der Waals surface area contributed by atoms with Crippen molar-refractivity contribution in [2.24, 2.45) is 0 Å². The third kappa shape index (κ3) is 4.92. The van der Waals surface area contributed by atoms with E-state index >= 15 is 0 Å². The number of aromatic nitrogens is 2. The topological polar surface area (TPSA) is 81.2 Å². The Labute approximate surface area is 169 Å². The number of ether oxygens (including phenoxy) is 1. The van der Waals surface area contributed by atoms with E-state index in [0.717, 1.165) is 0 Å². The SMILES string of the molecule is COc1cc(CNS(=O)(=O)c2cc(C(F)(F)F)ccc2F)nc(-c2ccccn2)c1. The first-order valence-corrected chi connectivity index (χ1v) is 9.91. The van der Waals surface area contributed by atoms with Crippen LogP contribution in [0.3, 0.4) is 0 Å². The number of benzene rings is 1. The summed E-state index contributed by atoms with van der Waals surface area (Å²) in [5, 5.41) is 0. The second kappa shape index (κ2) is 8.36. The highest BCUT2D eigenvalue weighted by Crippen LogP contribution is 2.31. The number of methoxy groups -OCH3 is 1. The summed E-state index contributed by atoms with van der Waals surface area (Å²) < 4.78 is 84.6. The van der Waals surface area contributed by atoms with Gasteiger partial charge in [0.25, 0.3) is 0 Å². The number of hydrogen-bond donors (Lipinski definition) is 1. The Hall–Kier alpha value is -3.05. The maximum absolute atomic E-state index is 14.0. The molecule has 30 heavy (non-hydrogen) atoms. The smallest absolute Gasteiger partial charge is 0.416 e. The normalized spacial score (nSPS) is 12.0. The Kier molecular flexibility index (Phi) is 6.04. The van der Waals surface area contributed by atoms with E-state index in [1.807, 2.05) is 0 Å². The molecule has 0 amide bonds. The van der Waals surface area contributed by atoms with Gasteiger partial charge in [-0.15, -0.1) is 0 Å². The van der Waals surface area contributed by atoms with E-state index in [0.29, 0.717) is 29.3 Å². The first-order chi connectivity index (χ1) is 14.1. The zero-order valence-electron chi connectivity index (χ0n) is 15.4. The van der Waals surface area contributed by atoms with Crippen molar-refractivity contribution in [1.29, 1.82) is 0 Å². The van der Waals surface area contributed by atoms with Gasteiger partial charge in [-0.25, -0.2) is 22.5 Å². The second-order valence-corrected chi connectivity index (χ2v) is 7.80. The Balaban J connectivity index is 1.90. The molecule has 0 aliphatic carbocycles. The maximum atomic E-state index is 14.0. The zero-order chi connectivity index (χ0) is 21.9. The minimum Gasteiger partial charge on any atom is -0.497 e. The minimum absolute atomic E-state index is 0.200. The van der Waals surface area contributed by atoms with Crippen LogP contribution in [0.15, 0.2) is 59.6 Å². The number of hydrogen-bond acceptors (Lipinski definition) is 5. The maximum Gasteiger partial charge on any atom is 0.416 e. The average molecular weight is 441 g/mol. The Morgan fingerprint density at radius 3 is 2.47 bits per heavy atom. The molecule has 3 rings (SSSR count). The molecule has 0 unspecified atom stereocenters. The van der Waals surface area contributed by atoms with Gasteiger partial charge >= 0.3 is 6.18 Å². The van der Waals surface area contributed by atoms with Gasteiger partial charge in [-0.3, -0.25) is 4.98 Å². The molecule has 0 aliphatic rings. The summed E-state index contributed by atoms with van der Waals surface area (Å²) >= 11 is 0. The Bertz CT molecular complexity index is 1150. The van der Waals surface area contributed by atoms with Gasteiger partial charge in [-0.05, 0) is 30.3 Å². The van der Waals surface area contributed by atoms with E-state index in [2.05, 4.69) is 14.7 Å². The third-order valence-corrected chi connectivity index (χ3v) is 5.42. The lowest BCUT2D eigenvalue weighted by Gasteiger charge is -2.12. The molecule has 0 saturated carbocycles. The van der Waals surface area contributed by atoms with Crippen LogP contribution in [0.25, 0.3) is 11.4 Å². The van der Waals surface area contributed by atoms with Gasteiger partial charge in [0.15, 0.2) is 0 Å². The molecule has 0 atom stereocenters. The van der Waals surface area contributed by atoms with E-state index in [9.17, 15) is 26.0 Å². The number of alkyl halides is 3. The van der Waals surface area contributed by atoms with Gasteiger partial charge in [0.1, 0.15) is 16.5 Å². The van der Waals surface area contributed by atoms with Crippen LogP contribution < -0.4 is 9.46 Å². The van der Waals surface area contributed by atoms with Crippen LogP contribution in [0, 0.1) is 5.82 Å². The minimum atomic E-state index is -4.82. The highest BCUT2D eigenvalue weighted by Gasteiger charge is 2.33. The summed E-state index contributed by atoms with van der Waals surface area (Å²) in [6.07, 6.45) is -3.26. The largest absolute Gasteiger partial charge is 0.497 e. The molecule has 0 saturated heterocycles. The fourth-order valence-corrected chi connectivity index (χ4v) is 3.65. The zero-order valence-corrected chi connectivity index (χ0v) is 16.3. The molecule has 1 aromatic carbocycles. The Morgan fingerprint density at radius 1 is 1.07 bits per heavy atom. The lowest BCUT2D eigenvalue weighted by Crippen LogP contribution is -2.25. The van der Waals surface area contributed by atoms with Gasteiger partial charge in [-0.1, -0.05) is 6.07 Å². The fourth-order valence-electron chi connectivity index (χ4n) is 2.55. The van der Waals surface area contributed by atoms with Crippen molar-refractivity contribution in [3.05, 3.63) is 71.8 Å². The van der Waals surface area contributed by atoms with Crippen LogP contribution in [-0.2, 0) is 22.7 Å². The monoisotopic (exact) mass is 441 g/mol. The molecule has 3 aromatic rings. The van der Waals surface area contributed by atoms with Gasteiger partial charge in [0.05, 0.1) is 36.3 Å². The van der Waals surface area contributed by atoms with E-state index in [1.54, 1.807) is 30.5 Å². The fraction of sp³-hybridized carbons (Fsp3) is 0.158. The van der Waals surface area contributed by atoms with Crippen molar-refractivity contribution < 1.29 is 30.7 Å². The van der Waals surface area contributed by atoms with Crippen LogP contribution in [0.4, 0.5) is 17.6 Å². The predicted octanol–water partition coefficient (Wildman–Crippen LogP) is 3.79. The highest BCUT2D eigenvalue weighted by molar-refractivity contribution is 7.89. The summed E-state index contributed by atoms with van der Waals surface area (Å²) in [6.45, 7) is -0.408. The van der Waals surface area contributed by atoms with Crippen molar-refractivity contribution in [2.45, 2.75) is 17.6 Å². The third-order valence-electron chi connectivity index (χ3n) is 4.01. The summed E-state index contributed by atoms with van der Waals surface area (Å²) in [5.41, 5.74) is -0.175. The molecular formula is C19H15F4N3O3S. The molecule has 11 heteroatoms. The average Bonchev–Trinajstić information content (AvgIpc) is 2.72. The first kappa shape index (κ1) is 21.7. The number of pyridine rings is 2. The van der Waals surface area contributed by atoms with Gasteiger partial charge in [0, 0.05) is 18.3 Å². The predicted molar refractivity (Wildman–Crippen MR) is 99.4 cm³/mol. The van der Waals surface area contributed by atoms with Crippen LogP contribution >= 0.6 is 0 Å². The van der Waals surface area contributed by atoms with E-state index in [4.69, 9.17) is 4.74 Å². The lowest BCUT2D eigenvalue weighted by molar-refractivity contribution is -0.137. The molecule has 2 aromatic heterocycles. The summed E-state index contributed by atoms with van der Waals surface area (Å²) in [5.74, 6) is -0.937. The van der Waals surface area contributed by atoms with Gasteiger partial charge in [0.2, 0.25) is 10.0 Å². The summed E-state index contributed by atoms with van der Waals surface area (Å²) in [7, 11) is -3.18. The van der Waals surface area contributed by atoms with Crippen molar-refractivity contribution >= 4 is 10.0 Å². The summed E-state index contributed by atoms with van der Waals surface area (Å²) in [6, 6.07) is 9.34. The van der Waals surface area contributed by atoms with E-state index < -0.39 is 39.0 Å². The second-order valence-electron chi connectivity index (χ2n) is 6.07. The standard InChI is InChI=1S/C19H15F4N3O3S/c1-29-14-9-13(26-17(10-14)16-4-2-3-7-24-16)11-25-30(27,28)18-8-12(19(21,22)23)5-6-15(18)20/h2-10,25H,11H2,1H3. The lowest BCUT2D eigenvalue weighted by atomic mass is 10.2. The van der Waals surface area contributed by atoms with Gasteiger partial charge < -0.3 is 4.74 Å². The van der Waals surface area contributed by atoms with Crippen molar-refractivity contribution in [3.63, 3.8) is 0 Å². The quantitative estimate of drug-likeness (QED) is 0.589. The molecular weight excluding hydrogens is 426 g/mol. The van der Waals surface area contributed by atoms with E-state index in [-0.39, 0.29) is 11.8 Å². The Morgan fingerprint density at radius 2 is 1.83 bits per heavy atom. The van der Waals surface area contributed by atoms with Crippen molar-refractivity contribution in [3.8, 4) is 17.1 Å². The van der Waals surface area contributed by atoms with Crippen molar-refractivity contribution in [1.82, 2.24) is 14.7 Å². The number of sulfonamides is 1. The van der Waals surface area contributed by atoms with Crippen LogP contribution in [0.2, 0.25) is 0 Å². The molecule has 0 fully saturated rings. The van der Waals surface area contributed by atoms with E-state index in [1.165, 1.54) is 13.2 Å². The first-order valence-electron chi connectivity index (χ1n) is 8.43. The number of rotatable bonds is 6. The van der Waals surface area contributed by atoms with Crippen LogP contribution in [0.1, 0.15) is 11.3 Å². The summed E-state index contributed by atoms with van der Waals surface area (Å²) in [4.78, 5) is 7.33.